The van der Waals surface area contributed by atoms with Crippen LogP contribution in [-0.4, -0.2) is 8.80 Å². The van der Waals surface area contributed by atoms with Crippen molar-refractivity contribution in [3.05, 3.63) is 75.9 Å². The number of halogens is 3. The fourth-order valence-electron chi connectivity index (χ4n) is 8.06. The number of hydrogen-bond donors (Lipinski definition) is 0. The fourth-order valence-corrected chi connectivity index (χ4v) is 12.9. The van der Waals surface area contributed by atoms with Gasteiger partial charge in [0.25, 0.3) is 0 Å². The van der Waals surface area contributed by atoms with Gasteiger partial charge in [0.15, 0.2) is 0 Å². The largest absolute Gasteiger partial charge is 4.00 e. The van der Waals surface area contributed by atoms with Crippen molar-refractivity contribution in [2.45, 2.75) is 182 Å². The molecule has 270 valence electrons. The first-order chi connectivity index (χ1) is 21.4. The van der Waals surface area contributed by atoms with Crippen molar-refractivity contribution in [3.63, 3.8) is 0 Å². The molecule has 2 aromatic carbocycles. The van der Waals surface area contributed by atoms with Gasteiger partial charge >= 0.3 is 21.7 Å². The van der Waals surface area contributed by atoms with E-state index in [-0.39, 0.29) is 64.0 Å². The molecule has 0 radical (unpaired) electrons. The molecule has 0 heterocycles. The van der Waals surface area contributed by atoms with Gasteiger partial charge in [-0.2, -0.15) is 27.4 Å². The molecule has 1 aliphatic rings. The summed E-state index contributed by atoms with van der Waals surface area (Å²) in [6.07, 6.45) is 37.6. The van der Waals surface area contributed by atoms with Crippen molar-refractivity contribution in [1.29, 1.82) is 0 Å². The molecular formula is C43H69Cl3SiTi. The molecule has 48 heavy (non-hydrogen) atoms. The maximum Gasteiger partial charge on any atom is 4.00 e. The minimum Gasteiger partial charge on any atom is -1.00 e. The van der Waals surface area contributed by atoms with Crippen LogP contribution in [0.4, 0.5) is 0 Å². The number of aryl methyl sites for hydroxylation is 2. The Balaban J connectivity index is 0. The SMILES string of the molecule is CCCCCCCCCCCCCCCCCCC1([SiH](c2cc(CC)cc(CC)c2)[c-]2c(C)c(C)c(C)c2C)C=CC=CC1.[Cl-].[Cl-].[Cl-].[Ti+4]. The first-order valence-corrected chi connectivity index (χ1v) is 20.8. The Kier molecular flexibility index (Phi) is 28.6. The van der Waals surface area contributed by atoms with Gasteiger partial charge in [0.05, 0.1) is 8.80 Å². The fraction of sp³-hybridized carbons (Fsp3) is 0.651. The van der Waals surface area contributed by atoms with Crippen molar-refractivity contribution in [2.75, 3.05) is 0 Å². The quantitative estimate of drug-likeness (QED) is 0.0984. The summed E-state index contributed by atoms with van der Waals surface area (Å²) in [5, 5.41) is 3.73. The maximum absolute atomic E-state index is 2.68. The Morgan fingerprint density at radius 1 is 0.583 bits per heavy atom. The van der Waals surface area contributed by atoms with E-state index in [1.165, 1.54) is 138 Å². The molecule has 0 bridgehead atoms. The molecule has 3 rings (SSSR count). The first kappa shape index (κ1) is 50.0. The Labute approximate surface area is 333 Å². The van der Waals surface area contributed by atoms with Gasteiger partial charge in [-0.05, 0) is 41.8 Å². The van der Waals surface area contributed by atoms with Crippen LogP contribution in [0, 0.1) is 27.7 Å². The van der Waals surface area contributed by atoms with Gasteiger partial charge in [-0.1, -0.05) is 199 Å². The average molecular weight is 768 g/mol. The zero-order valence-corrected chi connectivity index (χ0v) is 36.9. The normalized spacial score (nSPS) is 15.6. The summed E-state index contributed by atoms with van der Waals surface area (Å²) >= 11 is 0. The summed E-state index contributed by atoms with van der Waals surface area (Å²) in [6.45, 7) is 16.6. The average Bonchev–Trinajstić information content (AvgIpc) is 3.23. The van der Waals surface area contributed by atoms with Crippen LogP contribution in [0.2, 0.25) is 5.04 Å². The van der Waals surface area contributed by atoms with E-state index < -0.39 is 8.80 Å². The predicted molar refractivity (Wildman–Crippen MR) is 202 cm³/mol. The first-order valence-electron chi connectivity index (χ1n) is 19.1. The number of allylic oxidation sites excluding steroid dienone is 4. The standard InChI is InChI=1S/C43H69Si.3ClH.Ti/c1-8-11-12-13-14-15-16-17-18-19-20-21-22-23-24-26-29-43(30-27-25-28-31-43)44(42-37(6)35(4)36(5)38(42)7)41-33-39(9-2)32-40(10-3)34-41;;;;/h25,27-28,30,32-34,44H,8-24,26,29,31H2,1-7H3;3*1H;/q-1;;;;+4/p-3. The summed E-state index contributed by atoms with van der Waals surface area (Å²) in [5.74, 6) is 0. The van der Waals surface area contributed by atoms with Crippen LogP contribution in [0.5, 0.6) is 0 Å². The monoisotopic (exact) mass is 766 g/mol. The Hall–Kier alpha value is -0.149. The summed E-state index contributed by atoms with van der Waals surface area (Å²) in [6, 6.07) is 7.71. The van der Waals surface area contributed by atoms with E-state index in [1.54, 1.807) is 21.5 Å². The van der Waals surface area contributed by atoms with Crippen molar-refractivity contribution in [2.24, 2.45) is 0 Å². The zero-order valence-electron chi connectivity index (χ0n) is 31.9. The van der Waals surface area contributed by atoms with Crippen molar-refractivity contribution < 1.29 is 58.9 Å². The van der Waals surface area contributed by atoms with Gasteiger partial charge in [-0.25, -0.2) is 0 Å². The number of benzene rings is 1. The molecular weight excluding hydrogens is 699 g/mol. The van der Waals surface area contributed by atoms with E-state index in [0.717, 1.165) is 12.8 Å². The van der Waals surface area contributed by atoms with Crippen LogP contribution >= 0.6 is 0 Å². The van der Waals surface area contributed by atoms with Gasteiger partial charge in [0.1, 0.15) is 0 Å². The summed E-state index contributed by atoms with van der Waals surface area (Å²) in [5.41, 5.74) is 9.30. The molecule has 5 heteroatoms. The van der Waals surface area contributed by atoms with E-state index in [4.69, 9.17) is 0 Å². The Morgan fingerprint density at radius 2 is 1.00 bits per heavy atom. The third-order valence-corrected chi connectivity index (χ3v) is 15.6. The number of unbranched alkanes of at least 4 members (excludes halogenated alkanes) is 15. The van der Waals surface area contributed by atoms with Crippen molar-refractivity contribution >= 4 is 19.2 Å². The molecule has 2 aromatic rings. The van der Waals surface area contributed by atoms with Crippen LogP contribution in [0.1, 0.15) is 170 Å². The summed E-state index contributed by atoms with van der Waals surface area (Å²) in [4.78, 5) is 0. The smallest absolute Gasteiger partial charge is 1.00 e. The summed E-state index contributed by atoms with van der Waals surface area (Å²) in [7, 11) is -1.57. The maximum atomic E-state index is 2.68. The van der Waals surface area contributed by atoms with Gasteiger partial charge in [0, 0.05) is 0 Å². The minimum atomic E-state index is -1.57. The van der Waals surface area contributed by atoms with E-state index in [0.29, 0.717) is 0 Å². The van der Waals surface area contributed by atoms with Crippen LogP contribution in [0.15, 0.2) is 42.5 Å². The molecule has 0 amide bonds. The van der Waals surface area contributed by atoms with Crippen LogP contribution in [0.25, 0.3) is 0 Å². The molecule has 0 saturated carbocycles. The molecule has 0 aliphatic heterocycles. The number of rotatable bonds is 22. The van der Waals surface area contributed by atoms with Gasteiger partial charge in [-0.3, -0.25) is 0 Å². The second kappa shape index (κ2) is 27.5. The van der Waals surface area contributed by atoms with Gasteiger partial charge in [0.2, 0.25) is 0 Å². The molecule has 0 N–H and O–H groups in total. The Bertz CT molecular complexity index is 1140. The predicted octanol–water partition coefficient (Wildman–Crippen LogP) is 3.02. The molecule has 2 atom stereocenters. The van der Waals surface area contributed by atoms with Crippen molar-refractivity contribution in [1.82, 2.24) is 0 Å². The molecule has 0 saturated heterocycles. The van der Waals surface area contributed by atoms with Crippen LogP contribution < -0.4 is 47.6 Å². The molecule has 0 fully saturated rings. The Morgan fingerprint density at radius 3 is 1.38 bits per heavy atom. The molecule has 2 unspecified atom stereocenters. The summed E-state index contributed by atoms with van der Waals surface area (Å²) < 4.78 is 0. The van der Waals surface area contributed by atoms with Gasteiger partial charge in [-0.15, -0.1) is 0 Å². The van der Waals surface area contributed by atoms with E-state index >= 15 is 0 Å². The molecule has 0 spiro atoms. The molecule has 0 nitrogen and oxygen atoms in total. The second-order valence-electron chi connectivity index (χ2n) is 14.4. The van der Waals surface area contributed by atoms with E-state index in [1.807, 2.05) is 0 Å². The minimum absolute atomic E-state index is 0. The van der Waals surface area contributed by atoms with Gasteiger partial charge < -0.3 is 37.2 Å². The molecule has 0 aromatic heterocycles. The molecule has 1 aliphatic carbocycles. The van der Waals surface area contributed by atoms with E-state index in [2.05, 4.69) is 91.0 Å². The zero-order chi connectivity index (χ0) is 31.8. The topological polar surface area (TPSA) is 0 Å². The third-order valence-electron chi connectivity index (χ3n) is 11.3. The van der Waals surface area contributed by atoms with Crippen LogP contribution in [-0.2, 0) is 34.6 Å². The number of hydrogen-bond acceptors (Lipinski definition) is 0. The van der Waals surface area contributed by atoms with Crippen molar-refractivity contribution in [3.8, 4) is 0 Å². The van der Waals surface area contributed by atoms with E-state index in [9.17, 15) is 0 Å². The van der Waals surface area contributed by atoms with Crippen LogP contribution in [0.3, 0.4) is 0 Å². The second-order valence-corrected chi connectivity index (χ2v) is 17.7. The third kappa shape index (κ3) is 14.8.